The molecule has 2 aromatic carbocycles. The highest BCUT2D eigenvalue weighted by Crippen LogP contribution is 2.33. The van der Waals surface area contributed by atoms with Crippen LogP contribution in [0.2, 0.25) is 0 Å². The molecule has 3 N–H and O–H groups in total. The second-order valence-electron chi connectivity index (χ2n) is 9.80. The molecule has 206 valence electrons. The van der Waals surface area contributed by atoms with E-state index in [-0.39, 0.29) is 23.5 Å². The number of carboxylic acid groups (broad SMARTS) is 1. The van der Waals surface area contributed by atoms with E-state index in [1.54, 1.807) is 13.8 Å². The van der Waals surface area contributed by atoms with Gasteiger partial charge in [-0.05, 0) is 66.6 Å². The van der Waals surface area contributed by atoms with Crippen LogP contribution in [-0.2, 0) is 9.59 Å². The van der Waals surface area contributed by atoms with E-state index in [1.807, 2.05) is 32.0 Å². The monoisotopic (exact) mass is 541 g/mol. The first-order valence-electron chi connectivity index (χ1n) is 12.4. The fraction of sp³-hybridized carbons (Fsp3) is 0.310. The van der Waals surface area contributed by atoms with Gasteiger partial charge in [0.2, 0.25) is 5.91 Å². The predicted octanol–water partition coefficient (Wildman–Crippen LogP) is 5.26. The summed E-state index contributed by atoms with van der Waals surface area (Å²) in [6, 6.07) is 6.27. The Morgan fingerprint density at radius 3 is 2.23 bits per heavy atom. The van der Waals surface area contributed by atoms with E-state index in [2.05, 4.69) is 15.6 Å². The first kappa shape index (κ1) is 29.3. The van der Waals surface area contributed by atoms with E-state index in [0.29, 0.717) is 11.1 Å². The van der Waals surface area contributed by atoms with Gasteiger partial charge >= 0.3 is 5.97 Å². The Balaban J connectivity index is 1.99. The molecule has 0 spiro atoms. The van der Waals surface area contributed by atoms with Gasteiger partial charge in [0.25, 0.3) is 5.91 Å². The number of hydrogen-bond donors (Lipinski definition) is 3. The molecule has 0 bridgehead atoms. The topological polar surface area (TPSA) is 108 Å². The molecule has 2 atom stereocenters. The normalized spacial score (nSPS) is 12.6. The Hall–Kier alpha value is -4.21. The zero-order chi connectivity index (χ0) is 28.9. The number of carboxylic acids is 1. The molecule has 1 aromatic heterocycles. The highest BCUT2D eigenvalue weighted by Gasteiger charge is 2.29. The van der Waals surface area contributed by atoms with Crippen molar-refractivity contribution < 1.29 is 32.7 Å². The van der Waals surface area contributed by atoms with Gasteiger partial charge in [-0.25, -0.2) is 13.2 Å². The molecular weight excluding hydrogens is 511 g/mol. The third-order valence-corrected chi connectivity index (χ3v) is 6.24. The van der Waals surface area contributed by atoms with Crippen LogP contribution in [0.5, 0.6) is 0 Å². The minimum atomic E-state index is -1.46. The summed E-state index contributed by atoms with van der Waals surface area (Å²) in [6.07, 6.45) is 1.44. The summed E-state index contributed by atoms with van der Waals surface area (Å²) in [6.45, 7) is 7.20. The molecule has 0 radical (unpaired) electrons. The predicted molar refractivity (Wildman–Crippen MR) is 139 cm³/mol. The molecule has 0 saturated heterocycles. The molecule has 39 heavy (non-hydrogen) atoms. The molecule has 0 saturated carbocycles. The second-order valence-corrected chi connectivity index (χ2v) is 9.80. The molecule has 1 heterocycles. The van der Waals surface area contributed by atoms with Crippen LogP contribution in [-0.4, -0.2) is 33.9 Å². The average molecular weight is 542 g/mol. The van der Waals surface area contributed by atoms with Gasteiger partial charge in [-0.15, -0.1) is 0 Å². The van der Waals surface area contributed by atoms with Gasteiger partial charge in [-0.1, -0.05) is 32.0 Å². The average Bonchev–Trinajstić information content (AvgIpc) is 2.84. The summed E-state index contributed by atoms with van der Waals surface area (Å²) in [4.78, 5) is 41.3. The first-order valence-corrected chi connectivity index (χ1v) is 12.4. The van der Waals surface area contributed by atoms with Crippen LogP contribution < -0.4 is 10.6 Å². The van der Waals surface area contributed by atoms with Crippen molar-refractivity contribution in [2.75, 3.05) is 0 Å². The van der Waals surface area contributed by atoms with Gasteiger partial charge in [0.15, 0.2) is 17.5 Å². The van der Waals surface area contributed by atoms with Gasteiger partial charge < -0.3 is 15.7 Å². The zero-order valence-electron chi connectivity index (χ0n) is 22.0. The van der Waals surface area contributed by atoms with Crippen molar-refractivity contribution in [2.45, 2.75) is 52.6 Å². The van der Waals surface area contributed by atoms with Crippen LogP contribution in [0.1, 0.15) is 59.8 Å². The third-order valence-electron chi connectivity index (χ3n) is 6.24. The van der Waals surface area contributed by atoms with Crippen LogP contribution in [0.25, 0.3) is 11.1 Å². The Bertz CT molecular complexity index is 1370. The largest absolute Gasteiger partial charge is 0.481 e. The first-order chi connectivity index (χ1) is 18.4. The number of aromatic nitrogens is 1. The molecular formula is C29H30F3N3O4. The molecule has 0 aliphatic carbocycles. The number of nitrogens with zero attached hydrogens (tertiary/aromatic N) is 1. The molecule has 0 aliphatic heterocycles. The fourth-order valence-electron chi connectivity index (χ4n) is 4.46. The second kappa shape index (κ2) is 12.6. The maximum Gasteiger partial charge on any atom is 0.305 e. The van der Waals surface area contributed by atoms with Crippen molar-refractivity contribution in [2.24, 2.45) is 5.92 Å². The van der Waals surface area contributed by atoms with Crippen molar-refractivity contribution in [3.63, 3.8) is 0 Å². The lowest BCUT2D eigenvalue weighted by atomic mass is 9.92. The summed E-state index contributed by atoms with van der Waals surface area (Å²) >= 11 is 0. The van der Waals surface area contributed by atoms with Gasteiger partial charge in [0, 0.05) is 11.8 Å². The van der Waals surface area contributed by atoms with Gasteiger partial charge in [0.1, 0.15) is 6.04 Å². The number of nitrogens with one attached hydrogen (secondary N) is 2. The number of hydrogen-bond acceptors (Lipinski definition) is 4. The van der Waals surface area contributed by atoms with Crippen molar-refractivity contribution in [3.05, 3.63) is 88.5 Å². The number of halogens is 3. The minimum Gasteiger partial charge on any atom is -0.481 e. The lowest BCUT2D eigenvalue weighted by Gasteiger charge is -2.25. The number of amides is 2. The van der Waals surface area contributed by atoms with E-state index >= 15 is 4.39 Å². The van der Waals surface area contributed by atoms with Crippen LogP contribution in [0.3, 0.4) is 0 Å². The van der Waals surface area contributed by atoms with Crippen molar-refractivity contribution in [1.29, 1.82) is 0 Å². The summed E-state index contributed by atoms with van der Waals surface area (Å²) in [5, 5.41) is 14.4. The van der Waals surface area contributed by atoms with Gasteiger partial charge in [0.05, 0.1) is 24.2 Å². The van der Waals surface area contributed by atoms with Crippen LogP contribution >= 0.6 is 0 Å². The molecule has 10 heteroatoms. The van der Waals surface area contributed by atoms with Crippen molar-refractivity contribution in [3.8, 4) is 11.1 Å². The molecule has 0 fully saturated rings. The lowest BCUT2D eigenvalue weighted by molar-refractivity contribution is -0.137. The van der Waals surface area contributed by atoms with Crippen LogP contribution in [0, 0.1) is 37.2 Å². The number of rotatable bonds is 10. The summed E-state index contributed by atoms with van der Waals surface area (Å²) in [5.74, 6) is -6.54. The fourth-order valence-corrected chi connectivity index (χ4v) is 4.46. The number of benzene rings is 2. The van der Waals surface area contributed by atoms with Crippen molar-refractivity contribution >= 4 is 17.8 Å². The molecule has 0 aliphatic rings. The number of aliphatic carboxylic acids is 1. The summed E-state index contributed by atoms with van der Waals surface area (Å²) in [5.41, 5.74) is 1.90. The molecule has 3 rings (SSSR count). The molecule has 3 aromatic rings. The highest BCUT2D eigenvalue weighted by molar-refractivity contribution is 5.97. The standard InChI is InChI=1S/C29H30F3N3O4/c1-15(2)10-24(35-28(38)19-8-9-33-14-22(19)31)29(39)34-23(13-25(36)37)20-11-18(12-21(30)27(20)32)26-16(3)6-5-7-17(26)4/h5-9,11-12,14-15,23-24H,10,13H2,1-4H3,(H,34,39)(H,35,38)(H,36,37)/t23-,24-/m0/s1. The number of aryl methyl sites for hydroxylation is 2. The number of pyridine rings is 1. The van der Waals surface area contributed by atoms with Crippen molar-refractivity contribution in [1.82, 2.24) is 15.6 Å². The zero-order valence-corrected chi connectivity index (χ0v) is 22.0. The Morgan fingerprint density at radius 1 is 0.974 bits per heavy atom. The van der Waals surface area contributed by atoms with Crippen LogP contribution in [0.15, 0.2) is 48.8 Å². The lowest BCUT2D eigenvalue weighted by Crippen LogP contribution is -2.48. The maximum absolute atomic E-state index is 15.1. The van der Waals surface area contributed by atoms with E-state index in [1.165, 1.54) is 12.3 Å². The Labute approximate surface area is 224 Å². The smallest absolute Gasteiger partial charge is 0.305 e. The minimum absolute atomic E-state index is 0.109. The molecule has 2 amide bonds. The van der Waals surface area contributed by atoms with Gasteiger partial charge in [-0.2, -0.15) is 0 Å². The number of carbonyl (C=O) groups is 3. The van der Waals surface area contributed by atoms with Gasteiger partial charge in [-0.3, -0.25) is 19.4 Å². The van der Waals surface area contributed by atoms with Crippen LogP contribution in [0.4, 0.5) is 13.2 Å². The Kier molecular flexibility index (Phi) is 9.45. The quantitative estimate of drug-likeness (QED) is 0.325. The molecule has 0 unspecified atom stereocenters. The van der Waals surface area contributed by atoms with E-state index in [0.717, 1.165) is 29.5 Å². The van der Waals surface area contributed by atoms with E-state index < -0.39 is 53.7 Å². The van der Waals surface area contributed by atoms with E-state index in [9.17, 15) is 28.3 Å². The van der Waals surface area contributed by atoms with E-state index in [4.69, 9.17) is 0 Å². The Morgan fingerprint density at radius 2 is 1.64 bits per heavy atom. The summed E-state index contributed by atoms with van der Waals surface area (Å²) < 4.78 is 44.0. The number of carbonyl (C=O) groups excluding carboxylic acids is 2. The third kappa shape index (κ3) is 7.22. The SMILES string of the molecule is Cc1cccc(C)c1-c1cc(F)c(F)c([C@H](CC(=O)O)NC(=O)[C@H](CC(C)C)NC(=O)c2ccncc2F)c1. The molecule has 7 nitrogen and oxygen atoms in total. The maximum atomic E-state index is 15.1. The summed E-state index contributed by atoms with van der Waals surface area (Å²) in [7, 11) is 0. The highest BCUT2D eigenvalue weighted by atomic mass is 19.2.